The van der Waals surface area contributed by atoms with Crippen LogP contribution < -0.4 is 0 Å². The Morgan fingerprint density at radius 3 is 2.08 bits per heavy atom. The molecule has 0 saturated heterocycles. The van der Waals surface area contributed by atoms with Crippen LogP contribution in [0.15, 0.2) is 11.6 Å². The van der Waals surface area contributed by atoms with Gasteiger partial charge >= 0.3 is 0 Å². The fourth-order valence-electron chi connectivity index (χ4n) is 5.42. The molecule has 0 radical (unpaired) electrons. The minimum Gasteiger partial charge on any atom is -0.391 e. The van der Waals surface area contributed by atoms with Crippen LogP contribution in [0.2, 0.25) is 16.6 Å². The van der Waals surface area contributed by atoms with E-state index in [1.807, 2.05) is 0 Å². The van der Waals surface area contributed by atoms with Gasteiger partial charge in [-0.1, -0.05) is 48.5 Å². The molecule has 0 aromatic rings. The van der Waals surface area contributed by atoms with E-state index in [0.717, 1.165) is 12.8 Å². The minimum atomic E-state index is -2.03. The Hall–Kier alpha value is -0.203. The number of rotatable bonds is 8. The summed E-state index contributed by atoms with van der Waals surface area (Å²) in [6.45, 7) is 16.2. The second-order valence-corrected chi connectivity index (χ2v) is 14.4. The van der Waals surface area contributed by atoms with Crippen LogP contribution in [0.3, 0.4) is 0 Å². The van der Waals surface area contributed by atoms with Crippen molar-refractivity contribution < 1.29 is 18.6 Å². The molecule has 1 heterocycles. The van der Waals surface area contributed by atoms with Gasteiger partial charge in [0.05, 0.1) is 6.10 Å². The molecule has 26 heavy (non-hydrogen) atoms. The fourth-order valence-corrected chi connectivity index (χ4v) is 10.9. The van der Waals surface area contributed by atoms with Crippen molar-refractivity contribution in [2.75, 3.05) is 14.2 Å². The van der Waals surface area contributed by atoms with Gasteiger partial charge in [0.1, 0.15) is 0 Å². The smallest absolute Gasteiger partial charge is 0.203 e. The van der Waals surface area contributed by atoms with E-state index in [4.69, 9.17) is 18.6 Å². The van der Waals surface area contributed by atoms with Crippen molar-refractivity contribution in [1.29, 1.82) is 0 Å². The van der Waals surface area contributed by atoms with Crippen LogP contribution in [0.4, 0.5) is 0 Å². The Balaban J connectivity index is 2.32. The van der Waals surface area contributed by atoms with Crippen molar-refractivity contribution in [3.63, 3.8) is 0 Å². The van der Waals surface area contributed by atoms with Crippen LogP contribution in [0, 0.1) is 11.8 Å². The summed E-state index contributed by atoms with van der Waals surface area (Å²) in [6.07, 6.45) is 3.96. The molecule has 1 aliphatic heterocycles. The van der Waals surface area contributed by atoms with Crippen molar-refractivity contribution >= 4 is 8.32 Å². The van der Waals surface area contributed by atoms with Crippen molar-refractivity contribution in [1.82, 2.24) is 0 Å². The Labute approximate surface area is 161 Å². The molecule has 0 aromatic carbocycles. The Morgan fingerprint density at radius 1 is 1.04 bits per heavy atom. The molecule has 152 valence electrons. The van der Waals surface area contributed by atoms with E-state index in [1.54, 1.807) is 14.2 Å². The molecule has 0 bridgehead atoms. The van der Waals surface area contributed by atoms with E-state index in [2.05, 4.69) is 54.5 Å². The monoisotopic (exact) mass is 384 g/mol. The first-order valence-electron chi connectivity index (χ1n) is 10.3. The normalized spacial score (nSPS) is 30.8. The third kappa shape index (κ3) is 3.97. The molecule has 0 amide bonds. The van der Waals surface area contributed by atoms with Gasteiger partial charge in [-0.3, -0.25) is 0 Å². The minimum absolute atomic E-state index is 0.0480. The summed E-state index contributed by atoms with van der Waals surface area (Å²) >= 11 is 0. The summed E-state index contributed by atoms with van der Waals surface area (Å²) in [5.41, 5.74) is 2.96. The summed E-state index contributed by atoms with van der Waals surface area (Å²) in [5.74, 6) is 0.708. The van der Waals surface area contributed by atoms with Gasteiger partial charge in [-0.05, 0) is 47.0 Å². The zero-order chi connectivity index (χ0) is 19.6. The highest BCUT2D eigenvalue weighted by molar-refractivity contribution is 6.77. The zero-order valence-corrected chi connectivity index (χ0v) is 19.2. The number of hydrogen-bond acceptors (Lipinski definition) is 4. The Kier molecular flexibility index (Phi) is 7.53. The summed E-state index contributed by atoms with van der Waals surface area (Å²) in [5, 5.41) is 0. The quantitative estimate of drug-likeness (QED) is 0.315. The van der Waals surface area contributed by atoms with E-state index in [1.165, 1.54) is 5.57 Å². The van der Waals surface area contributed by atoms with Crippen molar-refractivity contribution in [3.05, 3.63) is 11.6 Å². The maximum atomic E-state index is 7.03. The van der Waals surface area contributed by atoms with Gasteiger partial charge in [0, 0.05) is 20.1 Å². The number of methoxy groups -OCH3 is 2. The molecular formula is C21H40O4Si. The highest BCUT2D eigenvalue weighted by Gasteiger charge is 2.51. The average molecular weight is 385 g/mol. The molecule has 1 fully saturated rings. The Morgan fingerprint density at radius 2 is 1.62 bits per heavy atom. The van der Waals surface area contributed by atoms with Gasteiger partial charge in [-0.25, -0.2) is 0 Å². The van der Waals surface area contributed by atoms with E-state index >= 15 is 0 Å². The molecule has 2 rings (SSSR count). The fraction of sp³-hybridized carbons (Fsp3) is 0.905. The standard InChI is InChI=1S/C21H40O4Si/c1-13(2)26(14(3)4,15(5)6)25-21(23-9)19-16(7)10-11-17-12-18(22-8)24-20(17)19/h12-16,18-21H,10-11H2,1-9H3/t16-,18?,19?,20?,21?/m1/s1. The number of fused-ring (bicyclic) bond motifs is 1. The predicted molar refractivity (Wildman–Crippen MR) is 109 cm³/mol. The summed E-state index contributed by atoms with van der Waals surface area (Å²) in [6, 6.07) is 0. The second kappa shape index (κ2) is 8.87. The van der Waals surface area contributed by atoms with E-state index in [-0.39, 0.29) is 24.6 Å². The first-order valence-corrected chi connectivity index (χ1v) is 12.4. The average Bonchev–Trinajstić information content (AvgIpc) is 2.99. The SMILES string of the molecule is COC1C=C2CC[C@@H](C)C(C(OC)O[Si](C(C)C)(C(C)C)C(C)C)C2O1. The second-order valence-electron chi connectivity index (χ2n) is 9.04. The maximum Gasteiger partial charge on any atom is 0.203 e. The van der Waals surface area contributed by atoms with Crippen LogP contribution in [0.1, 0.15) is 61.3 Å². The van der Waals surface area contributed by atoms with Crippen LogP contribution in [0.25, 0.3) is 0 Å². The number of ether oxygens (including phenoxy) is 3. The molecule has 2 aliphatic rings. The van der Waals surface area contributed by atoms with Gasteiger partial charge < -0.3 is 18.6 Å². The molecule has 0 N–H and O–H groups in total. The highest BCUT2D eigenvalue weighted by Crippen LogP contribution is 2.47. The molecule has 0 spiro atoms. The first-order chi connectivity index (χ1) is 12.2. The van der Waals surface area contributed by atoms with Gasteiger partial charge in [-0.2, -0.15) is 0 Å². The van der Waals surface area contributed by atoms with Crippen molar-refractivity contribution in [2.45, 2.75) is 96.6 Å². The molecule has 4 unspecified atom stereocenters. The van der Waals surface area contributed by atoms with E-state index < -0.39 is 8.32 Å². The first kappa shape index (κ1) is 22.1. The van der Waals surface area contributed by atoms with Crippen LogP contribution in [-0.4, -0.2) is 41.2 Å². The molecule has 1 saturated carbocycles. The summed E-state index contributed by atoms with van der Waals surface area (Å²) < 4.78 is 24.7. The lowest BCUT2D eigenvalue weighted by molar-refractivity contribution is -0.183. The lowest BCUT2D eigenvalue weighted by Gasteiger charge is -2.48. The summed E-state index contributed by atoms with van der Waals surface area (Å²) in [4.78, 5) is 0. The number of hydrogen-bond donors (Lipinski definition) is 0. The lowest BCUT2D eigenvalue weighted by atomic mass is 9.75. The van der Waals surface area contributed by atoms with Crippen LogP contribution in [0.5, 0.6) is 0 Å². The highest BCUT2D eigenvalue weighted by atomic mass is 28.4. The van der Waals surface area contributed by atoms with Crippen molar-refractivity contribution in [3.8, 4) is 0 Å². The predicted octanol–water partition coefficient (Wildman–Crippen LogP) is 5.49. The largest absolute Gasteiger partial charge is 0.391 e. The molecule has 0 aromatic heterocycles. The summed E-state index contributed by atoms with van der Waals surface area (Å²) in [7, 11) is 1.47. The van der Waals surface area contributed by atoms with Crippen molar-refractivity contribution in [2.24, 2.45) is 11.8 Å². The Bertz CT molecular complexity index is 467. The van der Waals surface area contributed by atoms with Gasteiger partial charge in [0.25, 0.3) is 0 Å². The maximum absolute atomic E-state index is 7.03. The van der Waals surface area contributed by atoms with Crippen LogP contribution in [-0.2, 0) is 18.6 Å². The molecule has 1 aliphatic carbocycles. The van der Waals surface area contributed by atoms with Crippen LogP contribution >= 0.6 is 0 Å². The molecule has 4 nitrogen and oxygen atoms in total. The lowest BCUT2D eigenvalue weighted by Crippen LogP contribution is -2.54. The van der Waals surface area contributed by atoms with Gasteiger partial charge in [0.15, 0.2) is 12.6 Å². The zero-order valence-electron chi connectivity index (χ0n) is 18.2. The van der Waals surface area contributed by atoms with Gasteiger partial charge in [0.2, 0.25) is 8.32 Å². The molecule has 5 atom stereocenters. The van der Waals surface area contributed by atoms with E-state index in [0.29, 0.717) is 22.5 Å². The van der Waals surface area contributed by atoms with Gasteiger partial charge in [-0.15, -0.1) is 0 Å². The van der Waals surface area contributed by atoms with E-state index in [9.17, 15) is 0 Å². The molecule has 5 heteroatoms. The third-order valence-electron chi connectivity index (χ3n) is 6.70. The third-order valence-corrected chi connectivity index (χ3v) is 12.8. The topological polar surface area (TPSA) is 36.9 Å². The molecular weight excluding hydrogens is 344 g/mol.